The molecule has 0 spiro atoms. The Kier molecular flexibility index (Phi) is 17.1. The van der Waals surface area contributed by atoms with E-state index in [1.165, 1.54) is 6.20 Å². The second-order valence-electron chi connectivity index (χ2n) is 13.2. The molecule has 0 saturated heterocycles. The molecule has 0 fully saturated rings. The van der Waals surface area contributed by atoms with Crippen molar-refractivity contribution in [3.05, 3.63) is 47.9 Å². The number of aliphatic hydroxyl groups excluding tert-OH is 1. The number of benzene rings is 1. The molecule has 2 aromatic rings. The summed E-state index contributed by atoms with van der Waals surface area (Å²) in [6.45, 7) is 13.9. The average Bonchev–Trinajstić information content (AvgIpc) is 3.05. The van der Waals surface area contributed by atoms with Crippen molar-refractivity contribution in [3.8, 4) is 0 Å². The summed E-state index contributed by atoms with van der Waals surface area (Å²) < 4.78 is 0. The Morgan fingerprint density at radius 2 is 1.67 bits per heavy atom. The normalized spacial score (nSPS) is 13.5. The van der Waals surface area contributed by atoms with Crippen LogP contribution in [0, 0.1) is 24.7 Å². The summed E-state index contributed by atoms with van der Waals surface area (Å²) >= 11 is 0. The minimum atomic E-state index is -1.27. The molecule has 0 radical (unpaired) electrons. The zero-order valence-corrected chi connectivity index (χ0v) is 29.8. The Morgan fingerprint density at radius 1 is 0.980 bits per heavy atom. The minimum absolute atomic E-state index is 0.0686. The molecule has 6 amide bonds. The van der Waals surface area contributed by atoms with Crippen molar-refractivity contribution in [3.63, 3.8) is 0 Å². The third kappa shape index (κ3) is 14.6. The van der Waals surface area contributed by atoms with Crippen molar-refractivity contribution in [2.24, 2.45) is 17.8 Å². The minimum Gasteiger partial charge on any atom is -0.390 e. The molecule has 0 aliphatic rings. The van der Waals surface area contributed by atoms with E-state index in [9.17, 15) is 29.1 Å². The monoisotopic (exact) mass is 682 g/mol. The highest BCUT2D eigenvalue weighted by Crippen LogP contribution is 2.19. The Bertz CT molecular complexity index is 1370. The summed E-state index contributed by atoms with van der Waals surface area (Å²) in [7, 11) is 0. The molecule has 1 aromatic heterocycles. The van der Waals surface area contributed by atoms with Crippen LogP contribution in [-0.4, -0.2) is 81.4 Å². The second-order valence-corrected chi connectivity index (χ2v) is 13.2. The van der Waals surface area contributed by atoms with Crippen LogP contribution in [-0.2, 0) is 25.7 Å². The van der Waals surface area contributed by atoms with Crippen molar-refractivity contribution in [1.82, 2.24) is 30.8 Å². The third-order valence-electron chi connectivity index (χ3n) is 7.99. The number of amides is 6. The molecule has 1 aromatic carbocycles. The fraction of sp³-hybridized carbons (Fsp3) is 0.571. The molecular formula is C35H54N8O6. The number of nitrogens with zero attached hydrogens (tertiary/aromatic N) is 3. The summed E-state index contributed by atoms with van der Waals surface area (Å²) in [4.78, 5) is 73.5. The van der Waals surface area contributed by atoms with E-state index in [4.69, 9.17) is 0 Å². The van der Waals surface area contributed by atoms with Gasteiger partial charge in [0.2, 0.25) is 24.1 Å². The zero-order chi connectivity index (χ0) is 36.5. The van der Waals surface area contributed by atoms with Gasteiger partial charge in [-0.1, -0.05) is 78.3 Å². The van der Waals surface area contributed by atoms with Crippen LogP contribution in [0.5, 0.6) is 0 Å². The van der Waals surface area contributed by atoms with Gasteiger partial charge >= 0.3 is 6.03 Å². The molecule has 2 rings (SSSR count). The van der Waals surface area contributed by atoms with Crippen LogP contribution in [0.2, 0.25) is 0 Å². The molecule has 0 bridgehead atoms. The van der Waals surface area contributed by atoms with Gasteiger partial charge in [-0.25, -0.2) is 14.8 Å². The molecule has 14 nitrogen and oxygen atoms in total. The summed E-state index contributed by atoms with van der Waals surface area (Å²) in [6, 6.07) is 7.47. The van der Waals surface area contributed by atoms with Crippen molar-refractivity contribution < 1.29 is 29.1 Å². The van der Waals surface area contributed by atoms with Gasteiger partial charge in [0, 0.05) is 13.1 Å². The van der Waals surface area contributed by atoms with Gasteiger partial charge in [0.1, 0.15) is 17.6 Å². The van der Waals surface area contributed by atoms with E-state index in [0.29, 0.717) is 44.1 Å². The topological polar surface area (TPSA) is 195 Å². The molecule has 0 unspecified atom stereocenters. The predicted molar refractivity (Wildman–Crippen MR) is 188 cm³/mol. The molecule has 4 atom stereocenters. The highest BCUT2D eigenvalue weighted by Gasteiger charge is 2.30. The van der Waals surface area contributed by atoms with Gasteiger partial charge in [0.05, 0.1) is 31.3 Å². The molecule has 0 aliphatic heterocycles. The van der Waals surface area contributed by atoms with E-state index in [0.717, 1.165) is 12.0 Å². The summed E-state index contributed by atoms with van der Waals surface area (Å²) in [5.41, 5.74) is 1.17. The molecule has 0 saturated carbocycles. The van der Waals surface area contributed by atoms with Crippen molar-refractivity contribution in [1.29, 1.82) is 0 Å². The van der Waals surface area contributed by atoms with Gasteiger partial charge in [-0.05, 0) is 43.1 Å². The van der Waals surface area contributed by atoms with Crippen molar-refractivity contribution in [2.45, 2.75) is 98.9 Å². The van der Waals surface area contributed by atoms with Gasteiger partial charge in [-0.2, -0.15) is 0 Å². The Labute approximate surface area is 289 Å². The number of aliphatic hydroxyl groups is 1. The van der Waals surface area contributed by atoms with Crippen LogP contribution in [0.15, 0.2) is 36.5 Å². The molecule has 6 N–H and O–H groups in total. The lowest BCUT2D eigenvalue weighted by Gasteiger charge is -2.28. The standard InChI is InChI=1S/C35H54N8O6/c1-8-24(6)32(34(48)42-33-28(38-21-44)18-36-25(7)39-33)41-30(46)17-29(45)27(16-23(4)5)40-31(47)19-37-35(49)43(15-14-22(2)3)20-26-12-10-9-11-13-26/h9-13,18,21-24,27,29,32,45H,8,14-17,19-20H2,1-7H3,(H,37,49)(H,38,44)(H,40,47)(H,41,46)(H,36,39,42,48)/t24-,27-,29-,32-/m0/s1. The number of hydrogen-bond donors (Lipinski definition) is 6. The van der Waals surface area contributed by atoms with Crippen molar-refractivity contribution in [2.75, 3.05) is 23.7 Å². The molecular weight excluding hydrogens is 628 g/mol. The highest BCUT2D eigenvalue weighted by atomic mass is 16.3. The average molecular weight is 683 g/mol. The van der Waals surface area contributed by atoms with Crippen LogP contribution in [0.3, 0.4) is 0 Å². The maximum absolute atomic E-state index is 13.3. The first-order chi connectivity index (χ1) is 23.2. The Hall–Kier alpha value is -4.59. The van der Waals surface area contributed by atoms with Gasteiger partial charge in [-0.3, -0.25) is 19.2 Å². The van der Waals surface area contributed by atoms with Crippen LogP contribution >= 0.6 is 0 Å². The number of hydrogen-bond acceptors (Lipinski definition) is 8. The predicted octanol–water partition coefficient (Wildman–Crippen LogP) is 3.36. The van der Waals surface area contributed by atoms with Gasteiger partial charge in [0.15, 0.2) is 5.82 Å². The molecule has 0 aliphatic carbocycles. The zero-order valence-electron chi connectivity index (χ0n) is 29.8. The number of carbonyl (C=O) groups is 5. The smallest absolute Gasteiger partial charge is 0.318 e. The quantitative estimate of drug-likeness (QED) is 0.114. The van der Waals surface area contributed by atoms with Crippen LogP contribution in [0.4, 0.5) is 16.3 Å². The lowest BCUT2D eigenvalue weighted by molar-refractivity contribution is -0.129. The molecule has 270 valence electrons. The Morgan fingerprint density at radius 3 is 2.29 bits per heavy atom. The van der Waals surface area contributed by atoms with E-state index < -0.39 is 35.9 Å². The van der Waals surface area contributed by atoms with E-state index in [-0.39, 0.29) is 42.3 Å². The summed E-state index contributed by atoms with van der Waals surface area (Å²) in [5.74, 6) is -1.02. The summed E-state index contributed by atoms with van der Waals surface area (Å²) in [6.07, 6.45) is 1.88. The number of aromatic nitrogens is 2. The largest absolute Gasteiger partial charge is 0.390 e. The lowest BCUT2D eigenvalue weighted by atomic mass is 9.95. The van der Waals surface area contributed by atoms with E-state index in [1.54, 1.807) is 18.7 Å². The number of aryl methyl sites for hydroxylation is 1. The van der Waals surface area contributed by atoms with E-state index >= 15 is 0 Å². The highest BCUT2D eigenvalue weighted by molar-refractivity contribution is 5.99. The lowest BCUT2D eigenvalue weighted by Crippen LogP contribution is -2.52. The first-order valence-electron chi connectivity index (χ1n) is 16.9. The summed E-state index contributed by atoms with van der Waals surface area (Å²) in [5, 5.41) is 24.4. The van der Waals surface area contributed by atoms with Gasteiger partial charge in [-0.15, -0.1) is 0 Å². The van der Waals surface area contributed by atoms with E-state index in [2.05, 4.69) is 50.4 Å². The van der Waals surface area contributed by atoms with E-state index in [1.807, 2.05) is 51.1 Å². The maximum atomic E-state index is 13.3. The number of nitrogens with one attached hydrogen (secondary N) is 5. The third-order valence-corrected chi connectivity index (χ3v) is 7.99. The number of urea groups is 1. The fourth-order valence-electron chi connectivity index (χ4n) is 5.01. The van der Waals surface area contributed by atoms with Crippen LogP contribution in [0.25, 0.3) is 0 Å². The van der Waals surface area contributed by atoms with Crippen LogP contribution in [0.1, 0.15) is 78.6 Å². The fourth-order valence-corrected chi connectivity index (χ4v) is 5.01. The van der Waals surface area contributed by atoms with Crippen LogP contribution < -0.4 is 26.6 Å². The number of carbonyl (C=O) groups excluding carboxylic acids is 5. The molecule has 14 heteroatoms. The second kappa shape index (κ2) is 20.7. The van der Waals surface area contributed by atoms with Gasteiger partial charge in [0.25, 0.3) is 0 Å². The number of anilines is 2. The van der Waals surface area contributed by atoms with Crippen molar-refractivity contribution >= 4 is 41.7 Å². The SMILES string of the molecule is CC[C@H](C)[C@H](NC(=O)C[C@H](O)[C@H](CC(C)C)NC(=O)CNC(=O)N(CCC(C)C)Cc1ccccc1)C(=O)Nc1nc(C)ncc1NC=O. The first-order valence-corrected chi connectivity index (χ1v) is 16.9. The molecule has 1 heterocycles. The molecule has 49 heavy (non-hydrogen) atoms. The first kappa shape index (κ1) is 40.6. The number of rotatable bonds is 20. The maximum Gasteiger partial charge on any atom is 0.318 e. The van der Waals surface area contributed by atoms with Gasteiger partial charge < -0.3 is 36.6 Å². The Balaban J connectivity index is 2.05.